The van der Waals surface area contributed by atoms with E-state index in [1.54, 1.807) is 18.3 Å². The van der Waals surface area contributed by atoms with Gasteiger partial charge in [0.2, 0.25) is 0 Å². The molecule has 0 N–H and O–H groups in total. The van der Waals surface area contributed by atoms with Gasteiger partial charge in [-0.15, -0.1) is 0 Å². The normalized spacial score (nSPS) is 12.9. The van der Waals surface area contributed by atoms with Gasteiger partial charge in [0, 0.05) is 17.1 Å². The third-order valence-corrected chi connectivity index (χ3v) is 4.30. The number of fused-ring (bicyclic) bond motifs is 1. The van der Waals surface area contributed by atoms with Gasteiger partial charge in [-0.1, -0.05) is 24.3 Å². The van der Waals surface area contributed by atoms with E-state index in [0.29, 0.717) is 11.3 Å². The zero-order valence-electron chi connectivity index (χ0n) is 14.7. The van der Waals surface area contributed by atoms with Crippen LogP contribution < -0.4 is 4.74 Å². The quantitative estimate of drug-likeness (QED) is 0.427. The molecule has 2 aromatic carbocycles. The summed E-state index contributed by atoms with van der Waals surface area (Å²) in [5, 5.41) is 1.85. The molecule has 0 bridgehead atoms. The monoisotopic (exact) mass is 417 g/mol. The molecule has 1 aromatic heterocycles. The van der Waals surface area contributed by atoms with Gasteiger partial charge in [0.25, 0.3) is 0 Å². The van der Waals surface area contributed by atoms with Crippen molar-refractivity contribution in [1.82, 2.24) is 4.98 Å². The number of aromatic nitrogens is 1. The van der Waals surface area contributed by atoms with Crippen LogP contribution in [0.3, 0.4) is 0 Å². The van der Waals surface area contributed by atoms with Crippen LogP contribution in [0, 0.1) is 0 Å². The van der Waals surface area contributed by atoms with Crippen molar-refractivity contribution in [1.29, 1.82) is 0 Å². The maximum Gasteiger partial charge on any atom is 0.459 e. The van der Waals surface area contributed by atoms with Crippen LogP contribution in [-0.2, 0) is 0 Å². The molecular formula is C20H14F7NO. The summed E-state index contributed by atoms with van der Waals surface area (Å²) in [6.07, 6.45) is -6.50. The van der Waals surface area contributed by atoms with Crippen LogP contribution in [0.1, 0.15) is 6.42 Å². The summed E-state index contributed by atoms with van der Waals surface area (Å²) in [5.74, 6) is -11.4. The van der Waals surface area contributed by atoms with Crippen molar-refractivity contribution in [2.24, 2.45) is 0 Å². The number of hydrogen-bond donors (Lipinski definition) is 0. The van der Waals surface area contributed by atoms with Gasteiger partial charge in [-0.3, -0.25) is 4.98 Å². The van der Waals surface area contributed by atoms with Crippen LogP contribution >= 0.6 is 0 Å². The Morgan fingerprint density at radius 1 is 0.793 bits per heavy atom. The molecule has 9 heteroatoms. The van der Waals surface area contributed by atoms with E-state index in [2.05, 4.69) is 4.98 Å². The van der Waals surface area contributed by atoms with E-state index in [1.165, 1.54) is 12.1 Å². The lowest BCUT2D eigenvalue weighted by atomic mass is 10.0. The Balaban J connectivity index is 1.69. The average molecular weight is 417 g/mol. The van der Waals surface area contributed by atoms with Crippen molar-refractivity contribution >= 4 is 10.8 Å². The van der Waals surface area contributed by atoms with E-state index in [0.717, 1.165) is 10.8 Å². The highest BCUT2D eigenvalue weighted by Crippen LogP contribution is 2.48. The summed E-state index contributed by atoms with van der Waals surface area (Å²) in [4.78, 5) is 4.32. The minimum absolute atomic E-state index is 0.0557. The summed E-state index contributed by atoms with van der Waals surface area (Å²) < 4.78 is 93.6. The number of pyridine rings is 1. The molecule has 3 rings (SSSR count). The van der Waals surface area contributed by atoms with Gasteiger partial charge in [-0.2, -0.15) is 30.7 Å². The van der Waals surface area contributed by atoms with Gasteiger partial charge >= 0.3 is 18.0 Å². The van der Waals surface area contributed by atoms with E-state index < -0.39 is 31.0 Å². The Morgan fingerprint density at radius 3 is 2.10 bits per heavy atom. The Labute approximate surface area is 160 Å². The maximum absolute atomic E-state index is 13.3. The summed E-state index contributed by atoms with van der Waals surface area (Å²) in [6.45, 7) is -1.01. The molecule has 0 radical (unpaired) electrons. The molecule has 154 valence electrons. The highest BCUT2D eigenvalue weighted by Gasteiger charge is 2.72. The van der Waals surface area contributed by atoms with Gasteiger partial charge in [-0.25, -0.2) is 0 Å². The lowest BCUT2D eigenvalue weighted by Crippen LogP contribution is -2.52. The van der Waals surface area contributed by atoms with Crippen molar-refractivity contribution in [2.45, 2.75) is 24.4 Å². The molecule has 0 saturated carbocycles. The lowest BCUT2D eigenvalue weighted by molar-refractivity contribution is -0.356. The summed E-state index contributed by atoms with van der Waals surface area (Å²) in [6, 6.07) is 15.3. The molecule has 0 aliphatic rings. The van der Waals surface area contributed by atoms with Gasteiger partial charge in [-0.05, 0) is 35.7 Å². The Hall–Kier alpha value is -2.84. The summed E-state index contributed by atoms with van der Waals surface area (Å²) in [7, 11) is 0. The van der Waals surface area contributed by atoms with Crippen molar-refractivity contribution in [3.63, 3.8) is 0 Å². The van der Waals surface area contributed by atoms with Crippen molar-refractivity contribution in [2.75, 3.05) is 6.61 Å². The zero-order valence-corrected chi connectivity index (χ0v) is 14.7. The number of halogens is 7. The third kappa shape index (κ3) is 4.13. The molecule has 0 aliphatic carbocycles. The van der Waals surface area contributed by atoms with Crippen LogP contribution in [0.4, 0.5) is 30.7 Å². The molecule has 0 saturated heterocycles. The molecule has 0 unspecified atom stereocenters. The van der Waals surface area contributed by atoms with E-state index in [4.69, 9.17) is 4.74 Å². The van der Waals surface area contributed by atoms with Gasteiger partial charge in [0.1, 0.15) is 5.75 Å². The van der Waals surface area contributed by atoms with Crippen molar-refractivity contribution in [3.8, 4) is 17.0 Å². The van der Waals surface area contributed by atoms with E-state index >= 15 is 0 Å². The summed E-state index contributed by atoms with van der Waals surface area (Å²) >= 11 is 0. The highest BCUT2D eigenvalue weighted by atomic mass is 19.4. The average Bonchev–Trinajstić information content (AvgIpc) is 2.67. The predicted molar refractivity (Wildman–Crippen MR) is 93.2 cm³/mol. The number of ether oxygens (including phenoxy) is 1. The molecule has 0 spiro atoms. The van der Waals surface area contributed by atoms with E-state index in [1.807, 2.05) is 30.3 Å². The second-order valence-corrected chi connectivity index (χ2v) is 6.28. The summed E-state index contributed by atoms with van der Waals surface area (Å²) in [5.41, 5.74) is 1.37. The fraction of sp³-hybridized carbons (Fsp3) is 0.250. The van der Waals surface area contributed by atoms with Gasteiger partial charge in [0.05, 0.1) is 18.7 Å². The standard InChI is InChI=1S/C20H14F7NO/c21-18(22,19(23,24)20(25,26)27)10-12-29-15-7-5-14(6-8-15)17-16-4-2-1-3-13(16)9-11-28-17/h1-9,11H,10,12H2. The molecule has 1 heterocycles. The first-order valence-corrected chi connectivity index (χ1v) is 8.42. The molecule has 0 fully saturated rings. The second kappa shape index (κ2) is 7.53. The molecule has 0 atom stereocenters. The Bertz CT molecular complexity index is 979. The predicted octanol–water partition coefficient (Wildman–Crippen LogP) is 6.50. The van der Waals surface area contributed by atoms with Crippen molar-refractivity contribution < 1.29 is 35.5 Å². The molecule has 3 aromatic rings. The lowest BCUT2D eigenvalue weighted by Gasteiger charge is -2.28. The van der Waals surface area contributed by atoms with E-state index in [-0.39, 0.29) is 5.75 Å². The zero-order chi connectivity index (χ0) is 21.3. The number of alkyl halides is 7. The molecule has 0 aliphatic heterocycles. The number of benzene rings is 2. The van der Waals surface area contributed by atoms with Gasteiger partial charge in [0.15, 0.2) is 0 Å². The SMILES string of the molecule is FC(F)(F)C(F)(F)C(F)(F)CCOc1ccc(-c2nccc3ccccc23)cc1. The first kappa shape index (κ1) is 20.9. The topological polar surface area (TPSA) is 22.1 Å². The van der Waals surface area contributed by atoms with E-state index in [9.17, 15) is 30.7 Å². The Morgan fingerprint density at radius 2 is 1.45 bits per heavy atom. The molecule has 2 nitrogen and oxygen atoms in total. The second-order valence-electron chi connectivity index (χ2n) is 6.28. The Kier molecular flexibility index (Phi) is 5.42. The minimum Gasteiger partial charge on any atom is -0.493 e. The van der Waals surface area contributed by atoms with Crippen LogP contribution in [0.25, 0.3) is 22.0 Å². The fourth-order valence-electron chi connectivity index (χ4n) is 2.72. The van der Waals surface area contributed by atoms with Crippen molar-refractivity contribution in [3.05, 3.63) is 60.8 Å². The molecular weight excluding hydrogens is 403 g/mol. The van der Waals surface area contributed by atoms with Gasteiger partial charge < -0.3 is 4.74 Å². The molecule has 0 amide bonds. The van der Waals surface area contributed by atoms with Crippen LogP contribution in [0.5, 0.6) is 5.75 Å². The largest absolute Gasteiger partial charge is 0.493 e. The van der Waals surface area contributed by atoms with Crippen LogP contribution in [0.2, 0.25) is 0 Å². The first-order chi connectivity index (χ1) is 13.5. The number of rotatable bonds is 6. The smallest absolute Gasteiger partial charge is 0.459 e. The number of hydrogen-bond acceptors (Lipinski definition) is 2. The third-order valence-electron chi connectivity index (χ3n) is 4.30. The fourth-order valence-corrected chi connectivity index (χ4v) is 2.72. The molecule has 29 heavy (non-hydrogen) atoms. The van der Waals surface area contributed by atoms with Crippen LogP contribution in [-0.4, -0.2) is 29.6 Å². The number of nitrogens with zero attached hydrogens (tertiary/aromatic N) is 1. The maximum atomic E-state index is 13.3. The first-order valence-electron chi connectivity index (χ1n) is 8.42. The minimum atomic E-state index is -6.34. The van der Waals surface area contributed by atoms with Crippen LogP contribution in [0.15, 0.2) is 60.8 Å². The highest BCUT2D eigenvalue weighted by molar-refractivity contribution is 5.94.